The molecule has 2 aromatic carbocycles. The summed E-state index contributed by atoms with van der Waals surface area (Å²) in [4.78, 5) is 50.2. The van der Waals surface area contributed by atoms with Crippen LogP contribution in [0.1, 0.15) is 47.9 Å². The van der Waals surface area contributed by atoms with Crippen LogP contribution in [0.15, 0.2) is 42.5 Å². The molecule has 2 aromatic rings. The average molecular weight is 399 g/mol. The second-order valence-corrected chi connectivity index (χ2v) is 6.38. The Hall–Kier alpha value is -3.39. The van der Waals surface area contributed by atoms with Crippen LogP contribution in [-0.4, -0.2) is 55.3 Å². The number of benzene rings is 2. The lowest BCUT2D eigenvalue weighted by Crippen LogP contribution is -2.31. The number of halogens is 1. The van der Waals surface area contributed by atoms with Crippen molar-refractivity contribution in [2.45, 2.75) is 6.42 Å². The number of esters is 1. The lowest BCUT2D eigenvalue weighted by Gasteiger charge is -2.12. The van der Waals surface area contributed by atoms with Gasteiger partial charge in [-0.25, -0.2) is 9.18 Å². The highest BCUT2D eigenvalue weighted by Crippen LogP contribution is 2.24. The minimum Gasteiger partial charge on any atom is -0.454 e. The summed E-state index contributed by atoms with van der Waals surface area (Å²) in [6, 6.07) is 9.07. The predicted octanol–water partition coefficient (Wildman–Crippen LogP) is 2.50. The van der Waals surface area contributed by atoms with E-state index in [2.05, 4.69) is 0 Å². The van der Waals surface area contributed by atoms with Crippen molar-refractivity contribution in [3.8, 4) is 0 Å². The van der Waals surface area contributed by atoms with Crippen LogP contribution >= 0.6 is 0 Å². The van der Waals surface area contributed by atoms with Crippen LogP contribution < -0.4 is 0 Å². The summed E-state index contributed by atoms with van der Waals surface area (Å²) in [5, 5.41) is 0. The fourth-order valence-electron chi connectivity index (χ4n) is 2.95. The number of ketones is 1. The Bertz CT molecular complexity index is 987. The van der Waals surface area contributed by atoms with E-state index in [0.717, 1.165) is 11.0 Å². The third-order valence-electron chi connectivity index (χ3n) is 4.42. The Kier molecular flexibility index (Phi) is 6.13. The molecule has 3 rings (SSSR count). The number of rotatable bonds is 8. The molecule has 0 fully saturated rings. The molecule has 2 amide bonds. The molecule has 0 saturated heterocycles. The zero-order chi connectivity index (χ0) is 21.0. The molecule has 1 heterocycles. The Morgan fingerprint density at radius 3 is 2.48 bits per heavy atom. The average Bonchev–Trinajstić information content (AvgIpc) is 2.96. The molecular weight excluding hydrogens is 381 g/mol. The number of hydrogen-bond donors (Lipinski definition) is 0. The van der Waals surface area contributed by atoms with Crippen molar-refractivity contribution >= 4 is 23.6 Å². The Morgan fingerprint density at radius 1 is 1.00 bits per heavy atom. The van der Waals surface area contributed by atoms with E-state index in [-0.39, 0.29) is 28.8 Å². The number of nitrogens with zero attached hydrogens (tertiary/aromatic N) is 1. The SMILES string of the molecule is COCCCN1C(=O)c2ccc(C(=O)OCC(=O)c3cccc(F)c3)cc2C1=O. The number of carbonyl (C=O) groups excluding carboxylic acids is 4. The van der Waals surface area contributed by atoms with Crippen molar-refractivity contribution in [2.75, 3.05) is 26.9 Å². The summed E-state index contributed by atoms with van der Waals surface area (Å²) >= 11 is 0. The van der Waals surface area contributed by atoms with Gasteiger partial charge in [0.25, 0.3) is 11.8 Å². The third kappa shape index (κ3) is 4.38. The zero-order valence-corrected chi connectivity index (χ0v) is 15.6. The van der Waals surface area contributed by atoms with Crippen LogP contribution in [0.5, 0.6) is 0 Å². The van der Waals surface area contributed by atoms with Gasteiger partial charge >= 0.3 is 5.97 Å². The maximum Gasteiger partial charge on any atom is 0.338 e. The molecular formula is C21H18FNO6. The summed E-state index contributed by atoms with van der Waals surface area (Å²) in [6.07, 6.45) is 0.499. The van der Waals surface area contributed by atoms with Crippen molar-refractivity contribution in [1.82, 2.24) is 4.90 Å². The molecule has 0 bridgehead atoms. The summed E-state index contributed by atoms with van der Waals surface area (Å²) in [6.45, 7) is 0.0435. The van der Waals surface area contributed by atoms with E-state index in [1.54, 1.807) is 0 Å². The van der Waals surface area contributed by atoms with E-state index in [4.69, 9.17) is 9.47 Å². The Morgan fingerprint density at radius 2 is 1.76 bits per heavy atom. The smallest absolute Gasteiger partial charge is 0.338 e. The highest BCUT2D eigenvalue weighted by molar-refractivity contribution is 6.22. The number of hydrogen-bond acceptors (Lipinski definition) is 6. The second-order valence-electron chi connectivity index (χ2n) is 6.38. The molecule has 7 nitrogen and oxygen atoms in total. The van der Waals surface area contributed by atoms with Crippen LogP contribution in [0.25, 0.3) is 0 Å². The number of imide groups is 1. The van der Waals surface area contributed by atoms with Gasteiger partial charge in [0.05, 0.1) is 16.7 Å². The minimum absolute atomic E-state index is 0.0377. The largest absolute Gasteiger partial charge is 0.454 e. The van der Waals surface area contributed by atoms with Gasteiger partial charge in [-0.15, -0.1) is 0 Å². The molecule has 0 atom stereocenters. The number of amides is 2. The Labute approximate surface area is 166 Å². The molecule has 0 saturated carbocycles. The molecule has 29 heavy (non-hydrogen) atoms. The minimum atomic E-state index is -0.823. The fourth-order valence-corrected chi connectivity index (χ4v) is 2.95. The predicted molar refractivity (Wildman–Crippen MR) is 99.3 cm³/mol. The Balaban J connectivity index is 1.67. The first kappa shape index (κ1) is 20.3. The maximum atomic E-state index is 13.2. The molecule has 0 aliphatic carbocycles. The second kappa shape index (κ2) is 8.74. The van der Waals surface area contributed by atoms with Crippen molar-refractivity contribution in [1.29, 1.82) is 0 Å². The van der Waals surface area contributed by atoms with E-state index in [1.807, 2.05) is 0 Å². The highest BCUT2D eigenvalue weighted by atomic mass is 19.1. The van der Waals surface area contributed by atoms with Gasteiger partial charge in [-0.05, 0) is 36.8 Å². The van der Waals surface area contributed by atoms with Crippen molar-refractivity contribution < 1.29 is 33.0 Å². The monoisotopic (exact) mass is 399 g/mol. The van der Waals surface area contributed by atoms with E-state index < -0.39 is 36.0 Å². The lowest BCUT2D eigenvalue weighted by molar-refractivity contribution is 0.0474. The topological polar surface area (TPSA) is 90.0 Å². The number of ether oxygens (including phenoxy) is 2. The van der Waals surface area contributed by atoms with Gasteiger partial charge < -0.3 is 9.47 Å². The summed E-state index contributed by atoms with van der Waals surface area (Å²) in [5.74, 6) is -2.88. The molecule has 8 heteroatoms. The number of carbonyl (C=O) groups is 4. The van der Waals surface area contributed by atoms with E-state index in [0.29, 0.717) is 13.0 Å². The van der Waals surface area contributed by atoms with Crippen LogP contribution in [0.3, 0.4) is 0 Å². The van der Waals surface area contributed by atoms with Crippen molar-refractivity contribution in [3.63, 3.8) is 0 Å². The summed E-state index contributed by atoms with van der Waals surface area (Å²) in [5.41, 5.74) is 0.438. The van der Waals surface area contributed by atoms with Crippen molar-refractivity contribution in [3.05, 3.63) is 70.5 Å². The quantitative estimate of drug-likeness (QED) is 0.293. The summed E-state index contributed by atoms with van der Waals surface area (Å²) in [7, 11) is 1.53. The first-order valence-corrected chi connectivity index (χ1v) is 8.87. The van der Waals surface area contributed by atoms with Crippen molar-refractivity contribution in [2.24, 2.45) is 0 Å². The van der Waals surface area contributed by atoms with Gasteiger partial charge in [-0.2, -0.15) is 0 Å². The molecule has 0 N–H and O–H groups in total. The molecule has 1 aliphatic heterocycles. The summed E-state index contributed by atoms with van der Waals surface area (Å²) < 4.78 is 23.1. The number of Topliss-reactive ketones (excluding diaryl/α,β-unsaturated/α-hetero) is 1. The third-order valence-corrected chi connectivity index (χ3v) is 4.42. The molecule has 0 aromatic heterocycles. The molecule has 0 spiro atoms. The first-order valence-electron chi connectivity index (χ1n) is 8.87. The standard InChI is InChI=1S/C21H18FNO6/c1-28-9-3-8-23-19(25)16-7-6-14(11-17(16)20(23)26)21(27)29-12-18(24)13-4-2-5-15(22)10-13/h2,4-7,10-11H,3,8-9,12H2,1H3. The normalized spacial score (nSPS) is 12.8. The number of fused-ring (bicyclic) bond motifs is 1. The van der Waals surface area contributed by atoms with Gasteiger partial charge in [0.2, 0.25) is 0 Å². The van der Waals surface area contributed by atoms with Gasteiger partial charge in [-0.1, -0.05) is 12.1 Å². The van der Waals surface area contributed by atoms with Crippen LogP contribution in [0.4, 0.5) is 4.39 Å². The zero-order valence-electron chi connectivity index (χ0n) is 15.6. The highest BCUT2D eigenvalue weighted by Gasteiger charge is 2.35. The maximum absolute atomic E-state index is 13.2. The fraction of sp³-hybridized carbons (Fsp3) is 0.238. The molecule has 1 aliphatic rings. The molecule has 0 radical (unpaired) electrons. The molecule has 0 unspecified atom stereocenters. The van der Waals surface area contributed by atoms with E-state index in [9.17, 15) is 23.6 Å². The van der Waals surface area contributed by atoms with Gasteiger partial charge in [0, 0.05) is 25.8 Å². The number of methoxy groups -OCH3 is 1. The van der Waals surface area contributed by atoms with Crippen LogP contribution in [-0.2, 0) is 9.47 Å². The van der Waals surface area contributed by atoms with Gasteiger partial charge in [-0.3, -0.25) is 19.3 Å². The van der Waals surface area contributed by atoms with E-state index >= 15 is 0 Å². The van der Waals surface area contributed by atoms with E-state index in [1.165, 1.54) is 43.5 Å². The lowest BCUT2D eigenvalue weighted by atomic mass is 10.1. The first-order chi connectivity index (χ1) is 13.9. The molecule has 150 valence electrons. The van der Waals surface area contributed by atoms with Crippen LogP contribution in [0, 0.1) is 5.82 Å². The van der Waals surface area contributed by atoms with Gasteiger partial charge in [0.1, 0.15) is 5.82 Å². The van der Waals surface area contributed by atoms with Crippen LogP contribution in [0.2, 0.25) is 0 Å². The van der Waals surface area contributed by atoms with Gasteiger partial charge in [0.15, 0.2) is 12.4 Å².